The second kappa shape index (κ2) is 3.21. The Hall–Kier alpha value is -1.58. The highest BCUT2D eigenvalue weighted by atomic mass is 16.5. The quantitative estimate of drug-likeness (QED) is 0.618. The molecule has 1 aromatic heterocycles. The molecule has 0 unspecified atom stereocenters. The second-order valence-corrected chi connectivity index (χ2v) is 2.39. The smallest absolute Gasteiger partial charge is 0.339 e. The van der Waals surface area contributed by atoms with Gasteiger partial charge >= 0.3 is 5.97 Å². The molecule has 0 aliphatic heterocycles. The molecule has 1 N–H and O–H groups in total. The van der Waals surface area contributed by atoms with Crippen LogP contribution in [0.25, 0.3) is 0 Å². The van der Waals surface area contributed by atoms with E-state index < -0.39 is 5.97 Å². The van der Waals surface area contributed by atoms with Gasteiger partial charge in [-0.15, -0.1) is 0 Å². The van der Waals surface area contributed by atoms with Crippen molar-refractivity contribution in [2.75, 3.05) is 7.11 Å². The van der Waals surface area contributed by atoms with Crippen molar-refractivity contribution < 1.29 is 9.53 Å². The number of rotatable bonds is 1. The minimum absolute atomic E-state index is 0.222. The largest absolute Gasteiger partial charge is 0.465 e. The minimum atomic E-state index is -0.441. The first-order valence-corrected chi connectivity index (χ1v) is 3.43. The number of esters is 1. The number of carbonyl (C=O) groups excluding carboxylic acids is 1. The van der Waals surface area contributed by atoms with Gasteiger partial charge in [0.2, 0.25) is 5.56 Å². The summed E-state index contributed by atoms with van der Waals surface area (Å²) in [5, 5.41) is 0. The molecule has 1 heterocycles. The molecule has 0 aliphatic carbocycles. The van der Waals surface area contributed by atoms with Crippen molar-refractivity contribution in [3.63, 3.8) is 0 Å². The van der Waals surface area contributed by atoms with E-state index >= 15 is 0 Å². The molecule has 1 rings (SSSR count). The van der Waals surface area contributed by atoms with Crippen molar-refractivity contribution in [2.24, 2.45) is 0 Å². The number of aromatic amines is 1. The third-order valence-corrected chi connectivity index (χ3v) is 1.54. The number of H-pyrrole nitrogens is 1. The summed E-state index contributed by atoms with van der Waals surface area (Å²) in [6, 6.07) is 1.35. The number of hydrogen-bond donors (Lipinski definition) is 1. The second-order valence-electron chi connectivity index (χ2n) is 2.39. The van der Waals surface area contributed by atoms with Gasteiger partial charge in [-0.25, -0.2) is 4.79 Å². The third kappa shape index (κ3) is 1.53. The van der Waals surface area contributed by atoms with Gasteiger partial charge in [0.1, 0.15) is 0 Å². The summed E-state index contributed by atoms with van der Waals surface area (Å²) in [5.74, 6) is -0.441. The number of aromatic nitrogens is 1. The van der Waals surface area contributed by atoms with Crippen LogP contribution in [-0.4, -0.2) is 18.1 Å². The van der Waals surface area contributed by atoms with Crippen LogP contribution in [-0.2, 0) is 4.74 Å². The van der Waals surface area contributed by atoms with E-state index in [0.717, 1.165) is 0 Å². The number of pyridine rings is 1. The third-order valence-electron chi connectivity index (χ3n) is 1.54. The van der Waals surface area contributed by atoms with Crippen molar-refractivity contribution in [2.45, 2.75) is 6.92 Å². The molecule has 0 atom stereocenters. The highest BCUT2D eigenvalue weighted by Crippen LogP contribution is 2.03. The summed E-state index contributed by atoms with van der Waals surface area (Å²) in [4.78, 5) is 24.1. The Morgan fingerprint density at radius 2 is 2.25 bits per heavy atom. The van der Waals surface area contributed by atoms with E-state index in [1.807, 2.05) is 0 Å². The molecule has 0 bridgehead atoms. The molecule has 0 aromatic carbocycles. The van der Waals surface area contributed by atoms with Crippen LogP contribution in [0.1, 0.15) is 15.9 Å². The van der Waals surface area contributed by atoms with Crippen LogP contribution in [0.2, 0.25) is 0 Å². The van der Waals surface area contributed by atoms with Crippen LogP contribution >= 0.6 is 0 Å². The van der Waals surface area contributed by atoms with Crippen LogP contribution in [0.3, 0.4) is 0 Å². The van der Waals surface area contributed by atoms with Gasteiger partial charge in [-0.3, -0.25) is 4.79 Å². The predicted octanol–water partition coefficient (Wildman–Crippen LogP) is 0.470. The summed E-state index contributed by atoms with van der Waals surface area (Å²) >= 11 is 0. The minimum Gasteiger partial charge on any atom is -0.465 e. The van der Waals surface area contributed by atoms with Crippen LogP contribution in [0.15, 0.2) is 17.1 Å². The number of methoxy groups -OCH3 is 1. The molecule has 4 nitrogen and oxygen atoms in total. The zero-order chi connectivity index (χ0) is 9.14. The Bertz CT molecular complexity index is 354. The topological polar surface area (TPSA) is 59.2 Å². The lowest BCUT2D eigenvalue weighted by atomic mass is 10.2. The summed E-state index contributed by atoms with van der Waals surface area (Å²) in [5.41, 5.74) is 0.780. The molecule has 0 aliphatic rings. The van der Waals surface area contributed by atoms with Gasteiger partial charge in [0, 0.05) is 12.3 Å². The molecular weight excluding hydrogens is 158 g/mol. The number of ether oxygens (including phenoxy) is 1. The molecule has 0 saturated heterocycles. The van der Waals surface area contributed by atoms with E-state index in [9.17, 15) is 9.59 Å². The molecule has 0 saturated carbocycles. The average molecular weight is 167 g/mol. The van der Waals surface area contributed by atoms with E-state index in [1.54, 1.807) is 6.92 Å². The maximum absolute atomic E-state index is 11.0. The highest BCUT2D eigenvalue weighted by molar-refractivity contribution is 5.90. The Labute approximate surface area is 69.2 Å². The molecule has 0 spiro atoms. The number of nitrogens with one attached hydrogen (secondary N) is 1. The summed E-state index contributed by atoms with van der Waals surface area (Å²) in [6.07, 6.45) is 1.35. The number of hydrogen-bond acceptors (Lipinski definition) is 3. The summed E-state index contributed by atoms with van der Waals surface area (Å²) < 4.78 is 4.50. The highest BCUT2D eigenvalue weighted by Gasteiger charge is 2.08. The van der Waals surface area contributed by atoms with Gasteiger partial charge < -0.3 is 9.72 Å². The van der Waals surface area contributed by atoms with Gasteiger partial charge in [-0.1, -0.05) is 0 Å². The van der Waals surface area contributed by atoms with Crippen molar-refractivity contribution in [1.29, 1.82) is 0 Å². The van der Waals surface area contributed by atoms with Gasteiger partial charge in [-0.2, -0.15) is 0 Å². The average Bonchev–Trinajstić information content (AvgIpc) is 2.03. The fourth-order valence-electron chi connectivity index (χ4n) is 0.903. The molecular formula is C8H9NO3. The van der Waals surface area contributed by atoms with Crippen molar-refractivity contribution >= 4 is 5.97 Å². The lowest BCUT2D eigenvalue weighted by Crippen LogP contribution is -2.11. The standard InChI is InChI=1S/C8H9NO3/c1-5-3-7(10)9-4-6(5)8(11)12-2/h3-4H,1-2H3,(H,9,10). The van der Waals surface area contributed by atoms with Crippen LogP contribution in [0, 0.1) is 6.92 Å². The lowest BCUT2D eigenvalue weighted by Gasteiger charge is -2.00. The first-order valence-electron chi connectivity index (χ1n) is 3.43. The van der Waals surface area contributed by atoms with E-state index in [4.69, 9.17) is 0 Å². The van der Waals surface area contributed by atoms with Crippen molar-refractivity contribution in [3.05, 3.63) is 33.7 Å². The monoisotopic (exact) mass is 167 g/mol. The van der Waals surface area contributed by atoms with Gasteiger partial charge in [0.05, 0.1) is 12.7 Å². The molecule has 12 heavy (non-hydrogen) atoms. The van der Waals surface area contributed by atoms with Crippen LogP contribution in [0.5, 0.6) is 0 Å². The lowest BCUT2D eigenvalue weighted by molar-refractivity contribution is 0.0599. The Balaban J connectivity index is 3.18. The number of aryl methyl sites for hydroxylation is 1. The fraction of sp³-hybridized carbons (Fsp3) is 0.250. The van der Waals surface area contributed by atoms with Gasteiger partial charge in [0.25, 0.3) is 0 Å². The van der Waals surface area contributed by atoms with Crippen LogP contribution in [0.4, 0.5) is 0 Å². The van der Waals surface area contributed by atoms with E-state index in [2.05, 4.69) is 9.72 Å². The first-order chi connectivity index (χ1) is 5.65. The summed E-state index contributed by atoms with van der Waals surface area (Å²) in [7, 11) is 1.30. The van der Waals surface area contributed by atoms with E-state index in [0.29, 0.717) is 11.1 Å². The molecule has 1 aromatic rings. The summed E-state index contributed by atoms with van der Waals surface area (Å²) in [6.45, 7) is 1.68. The first kappa shape index (κ1) is 8.52. The van der Waals surface area contributed by atoms with E-state index in [1.165, 1.54) is 19.4 Å². The van der Waals surface area contributed by atoms with Crippen molar-refractivity contribution in [3.8, 4) is 0 Å². The normalized spacial score (nSPS) is 9.50. The van der Waals surface area contributed by atoms with Gasteiger partial charge in [0.15, 0.2) is 0 Å². The fourth-order valence-corrected chi connectivity index (χ4v) is 0.903. The zero-order valence-electron chi connectivity index (χ0n) is 6.88. The Morgan fingerprint density at radius 1 is 1.58 bits per heavy atom. The SMILES string of the molecule is COC(=O)c1c[nH]c(=O)cc1C. The molecule has 0 radical (unpaired) electrons. The molecule has 64 valence electrons. The van der Waals surface area contributed by atoms with Crippen molar-refractivity contribution in [1.82, 2.24) is 4.98 Å². The molecule has 0 fully saturated rings. The van der Waals surface area contributed by atoms with Gasteiger partial charge in [-0.05, 0) is 12.5 Å². The zero-order valence-corrected chi connectivity index (χ0v) is 6.88. The molecule has 4 heteroatoms. The maximum atomic E-state index is 11.0. The van der Waals surface area contributed by atoms with E-state index in [-0.39, 0.29) is 5.56 Å². The number of carbonyl (C=O) groups is 1. The maximum Gasteiger partial charge on any atom is 0.339 e. The Kier molecular flexibility index (Phi) is 2.28. The van der Waals surface area contributed by atoms with Crippen LogP contribution < -0.4 is 5.56 Å². The Morgan fingerprint density at radius 3 is 2.75 bits per heavy atom. The molecule has 0 amide bonds. The predicted molar refractivity (Wildman–Crippen MR) is 43.1 cm³/mol.